The Morgan fingerprint density at radius 3 is 2.54 bits per heavy atom. The van der Waals surface area contributed by atoms with Gasteiger partial charge in [-0.25, -0.2) is 0 Å². The lowest BCUT2D eigenvalue weighted by Crippen LogP contribution is -1.93. The van der Waals surface area contributed by atoms with Gasteiger partial charge in [-0.3, -0.25) is 0 Å². The van der Waals surface area contributed by atoms with E-state index in [1.807, 2.05) is 26.0 Å². The van der Waals surface area contributed by atoms with Gasteiger partial charge >= 0.3 is 0 Å². The number of hydrogen-bond donors (Lipinski definition) is 0. The van der Waals surface area contributed by atoms with Crippen LogP contribution in [0.25, 0.3) is 0 Å². The summed E-state index contributed by atoms with van der Waals surface area (Å²) in [4.78, 5) is 0. The van der Waals surface area contributed by atoms with Crippen molar-refractivity contribution < 1.29 is 4.74 Å². The number of rotatable bonds is 2. The molecule has 0 atom stereocenters. The minimum absolute atomic E-state index is 0.576. The maximum absolute atomic E-state index is 8.74. The van der Waals surface area contributed by atoms with Crippen LogP contribution in [0.15, 0.2) is 18.2 Å². The topological polar surface area (TPSA) is 33.0 Å². The van der Waals surface area contributed by atoms with Gasteiger partial charge in [0.1, 0.15) is 11.8 Å². The van der Waals surface area contributed by atoms with Gasteiger partial charge in [0, 0.05) is 0 Å². The van der Waals surface area contributed by atoms with Crippen molar-refractivity contribution in [2.75, 3.05) is 7.11 Å². The third kappa shape index (κ3) is 2.00. The predicted octanol–water partition coefficient (Wildman–Crippen LogP) is 2.53. The van der Waals surface area contributed by atoms with Crippen molar-refractivity contribution in [1.29, 1.82) is 5.26 Å². The second-order valence-electron chi connectivity index (χ2n) is 3.03. The molecule has 1 rings (SSSR count). The smallest absolute Gasteiger partial charge is 0.136 e. The zero-order chi connectivity index (χ0) is 9.84. The van der Waals surface area contributed by atoms with Crippen molar-refractivity contribution in [2.24, 2.45) is 0 Å². The normalized spacial score (nSPS) is 9.77. The summed E-state index contributed by atoms with van der Waals surface area (Å²) in [6.07, 6.45) is 0. The Morgan fingerprint density at radius 2 is 2.08 bits per heavy atom. The Bertz CT molecular complexity index is 336. The van der Waals surface area contributed by atoms with Crippen LogP contribution in [0.5, 0.6) is 5.75 Å². The van der Waals surface area contributed by atoms with Crippen LogP contribution >= 0.6 is 0 Å². The van der Waals surface area contributed by atoms with Gasteiger partial charge in [0.2, 0.25) is 0 Å². The summed E-state index contributed by atoms with van der Waals surface area (Å²) < 4.78 is 5.09. The first-order chi connectivity index (χ1) is 6.19. The summed E-state index contributed by atoms with van der Waals surface area (Å²) >= 11 is 0. The second-order valence-corrected chi connectivity index (χ2v) is 3.03. The fourth-order valence-corrected chi connectivity index (χ4v) is 1.09. The molecule has 0 aromatic heterocycles. The summed E-state index contributed by atoms with van der Waals surface area (Å²) in [7, 11) is 1.57. The average Bonchev–Trinajstić information content (AvgIpc) is 2.16. The first-order valence-electron chi connectivity index (χ1n) is 4.07. The molecule has 13 heavy (non-hydrogen) atoms. The number of ether oxygens (including phenoxy) is 1. The number of benzene rings is 1. The van der Waals surface area contributed by atoms with E-state index < -0.39 is 0 Å². The monoisotopic (exact) mass is 174 g/mol. The van der Waals surface area contributed by atoms with Gasteiger partial charge in [0.05, 0.1) is 12.7 Å². The van der Waals surface area contributed by atoms with Crippen LogP contribution in [-0.2, 0) is 0 Å². The Labute approximate surface area is 78.8 Å². The molecule has 0 spiro atoms. The van der Waals surface area contributed by atoms with Crippen molar-refractivity contribution >= 4 is 0 Å². The quantitative estimate of drug-likeness (QED) is 0.690. The highest BCUT2D eigenvalue weighted by atomic mass is 16.5. The molecular weight excluding hydrogens is 162 g/mol. The summed E-state index contributed by atoms with van der Waals surface area (Å²) in [5.41, 5.74) is 1.68. The van der Waals surface area contributed by atoms with E-state index >= 15 is 0 Å². The summed E-state index contributed by atoms with van der Waals surface area (Å²) in [6, 6.07) is 7.67. The highest BCUT2D eigenvalue weighted by Gasteiger charge is 2.05. The summed E-state index contributed by atoms with van der Waals surface area (Å²) in [5, 5.41) is 8.74. The molecule has 0 fully saturated rings. The van der Waals surface area contributed by atoms with Crippen molar-refractivity contribution in [2.45, 2.75) is 13.8 Å². The maximum atomic E-state index is 8.74. The molecule has 1 aromatic rings. The number of methoxy groups -OCH3 is 1. The summed E-state index contributed by atoms with van der Waals surface area (Å²) in [6.45, 7) is 4.06. The van der Waals surface area contributed by atoms with Gasteiger partial charge in [-0.2, -0.15) is 5.26 Å². The zero-order valence-electron chi connectivity index (χ0n) is 8.09. The van der Waals surface area contributed by atoms with Gasteiger partial charge in [-0.05, 0) is 23.6 Å². The largest absolute Gasteiger partial charge is 0.495 e. The number of hydrogen-bond acceptors (Lipinski definition) is 2. The Morgan fingerprint density at radius 1 is 1.38 bits per heavy atom. The van der Waals surface area contributed by atoms with Crippen LogP contribution in [-0.4, -0.2) is 7.11 Å². The van der Waals surface area contributed by atoms with E-state index in [-0.39, 0.29) is 0 Å². The van der Waals surface area contributed by atoms with E-state index in [1.54, 1.807) is 13.2 Å². The zero-order valence-corrected chi connectivity index (χ0v) is 8.09. The second kappa shape index (κ2) is 3.95. The molecule has 0 saturated heterocycles. The molecule has 0 N–H and O–H groups in total. The molecule has 2 nitrogen and oxygen atoms in total. The van der Waals surface area contributed by atoms with E-state index in [0.717, 1.165) is 5.56 Å². The molecule has 0 amide bonds. The van der Waals surface area contributed by atoms with Crippen molar-refractivity contribution in [3.05, 3.63) is 35.2 Å². The van der Waals surface area contributed by atoms with Gasteiger partial charge in [-0.1, -0.05) is 19.9 Å². The lowest BCUT2D eigenvalue weighted by Gasteiger charge is -2.07. The maximum Gasteiger partial charge on any atom is 0.136 e. The average molecular weight is 174 g/mol. The molecule has 0 heterocycles. The number of nitriles is 1. The van der Waals surface area contributed by atoms with E-state index in [4.69, 9.17) is 10.00 Å². The highest BCUT2D eigenvalue weighted by molar-refractivity contribution is 5.47. The molecular formula is C11H12NO. The molecule has 0 aliphatic heterocycles. The Hall–Kier alpha value is -1.49. The molecule has 0 aliphatic rings. The standard InChI is InChI=1S/C11H12NO/c1-8(2)9-4-5-10(7-12)11(6-9)13-3/h4-6H,1-3H3. The van der Waals surface area contributed by atoms with Gasteiger partial charge < -0.3 is 4.74 Å². The minimum Gasteiger partial charge on any atom is -0.495 e. The SMILES string of the molecule is COc1cc([C](C)C)ccc1C#N. The van der Waals surface area contributed by atoms with E-state index in [1.165, 1.54) is 5.92 Å². The van der Waals surface area contributed by atoms with Crippen LogP contribution in [0.1, 0.15) is 25.0 Å². The van der Waals surface area contributed by atoms with E-state index in [9.17, 15) is 0 Å². The van der Waals surface area contributed by atoms with Gasteiger partial charge in [-0.15, -0.1) is 0 Å². The van der Waals surface area contributed by atoms with Gasteiger partial charge in [0.25, 0.3) is 0 Å². The molecule has 0 bridgehead atoms. The van der Waals surface area contributed by atoms with Crippen LogP contribution in [0.2, 0.25) is 0 Å². The predicted molar refractivity (Wildman–Crippen MR) is 51.4 cm³/mol. The molecule has 1 aromatic carbocycles. The molecule has 67 valence electrons. The van der Waals surface area contributed by atoms with Gasteiger partial charge in [0.15, 0.2) is 0 Å². The molecule has 0 saturated carbocycles. The minimum atomic E-state index is 0.576. The third-order valence-corrected chi connectivity index (χ3v) is 1.90. The van der Waals surface area contributed by atoms with Crippen molar-refractivity contribution in [1.82, 2.24) is 0 Å². The lowest BCUT2D eigenvalue weighted by molar-refractivity contribution is 0.413. The number of nitrogens with zero attached hydrogens (tertiary/aromatic N) is 1. The Kier molecular flexibility index (Phi) is 2.92. The fraction of sp³-hybridized carbons (Fsp3) is 0.273. The van der Waals surface area contributed by atoms with Crippen LogP contribution in [0, 0.1) is 17.2 Å². The fourth-order valence-electron chi connectivity index (χ4n) is 1.09. The molecule has 2 heteroatoms. The first kappa shape index (κ1) is 9.60. The van der Waals surface area contributed by atoms with Crippen LogP contribution < -0.4 is 4.74 Å². The van der Waals surface area contributed by atoms with E-state index in [2.05, 4.69) is 6.07 Å². The van der Waals surface area contributed by atoms with E-state index in [0.29, 0.717) is 11.3 Å². The lowest BCUT2D eigenvalue weighted by atomic mass is 10.0. The molecule has 0 unspecified atom stereocenters. The molecule has 1 radical (unpaired) electrons. The van der Waals surface area contributed by atoms with Crippen LogP contribution in [0.4, 0.5) is 0 Å². The highest BCUT2D eigenvalue weighted by Crippen LogP contribution is 2.23. The first-order valence-corrected chi connectivity index (χ1v) is 4.07. The van der Waals surface area contributed by atoms with Crippen molar-refractivity contribution in [3.63, 3.8) is 0 Å². The third-order valence-electron chi connectivity index (χ3n) is 1.90. The summed E-state index contributed by atoms with van der Waals surface area (Å²) in [5.74, 6) is 1.85. The molecule has 0 aliphatic carbocycles. The Balaban J connectivity index is 3.15. The van der Waals surface area contributed by atoms with Crippen molar-refractivity contribution in [3.8, 4) is 11.8 Å². The van der Waals surface area contributed by atoms with Crippen LogP contribution in [0.3, 0.4) is 0 Å².